The zero-order chi connectivity index (χ0) is 22.7. The smallest absolute Gasteiger partial charge is 0.205 e. The molecule has 0 unspecified atom stereocenters. The number of phenolic OH excluding ortho intramolecular Hbond substituents is 3. The predicted octanol–water partition coefficient (Wildman–Crippen LogP) is 1.15. The van der Waals surface area contributed by atoms with E-state index in [0.29, 0.717) is 5.56 Å². The molecule has 31 heavy (non-hydrogen) atoms. The van der Waals surface area contributed by atoms with Gasteiger partial charge in [-0.25, -0.2) is 0 Å². The van der Waals surface area contributed by atoms with Crippen LogP contribution in [0.25, 0.3) is 6.08 Å². The number of rotatable bonds is 6. The van der Waals surface area contributed by atoms with Crippen molar-refractivity contribution in [3.8, 4) is 23.0 Å². The Kier molecular flexibility index (Phi) is 6.81. The molecule has 6 N–H and O–H groups in total. The van der Waals surface area contributed by atoms with E-state index in [2.05, 4.69) is 0 Å². The summed E-state index contributed by atoms with van der Waals surface area (Å²) in [6.07, 6.45) is -2.03. The molecule has 3 rings (SSSR count). The van der Waals surface area contributed by atoms with Crippen molar-refractivity contribution in [1.82, 2.24) is 0 Å². The second-order valence-corrected chi connectivity index (χ2v) is 7.31. The van der Waals surface area contributed by atoms with Gasteiger partial charge >= 0.3 is 0 Å². The fourth-order valence-corrected chi connectivity index (χ4v) is 3.24. The summed E-state index contributed by atoms with van der Waals surface area (Å²) in [7, 11) is 0. The number of ketones is 1. The fourth-order valence-electron chi connectivity index (χ4n) is 3.24. The number of ether oxygens (including phenoxy) is 2. The monoisotopic (exact) mass is 432 g/mol. The van der Waals surface area contributed by atoms with Crippen molar-refractivity contribution in [2.75, 3.05) is 6.61 Å². The van der Waals surface area contributed by atoms with E-state index in [0.717, 1.165) is 18.2 Å². The quantitative estimate of drug-likeness (QED) is 0.291. The summed E-state index contributed by atoms with van der Waals surface area (Å²) in [6, 6.07) is 8.32. The zero-order valence-corrected chi connectivity index (χ0v) is 16.6. The van der Waals surface area contributed by atoms with Crippen LogP contribution >= 0.6 is 0 Å². The second-order valence-electron chi connectivity index (χ2n) is 7.31. The van der Waals surface area contributed by atoms with Gasteiger partial charge in [-0.2, -0.15) is 0 Å². The maximum Gasteiger partial charge on any atom is 0.205 e. The predicted molar refractivity (Wildman–Crippen MR) is 109 cm³/mol. The van der Waals surface area contributed by atoms with Crippen molar-refractivity contribution in [3.63, 3.8) is 0 Å². The van der Waals surface area contributed by atoms with E-state index in [-0.39, 0.29) is 17.1 Å². The fraction of sp³-hybridized carbons (Fsp3) is 0.318. The van der Waals surface area contributed by atoms with E-state index in [9.17, 15) is 35.4 Å². The molecule has 0 radical (unpaired) electrons. The van der Waals surface area contributed by atoms with Gasteiger partial charge in [0.15, 0.2) is 5.78 Å². The van der Waals surface area contributed by atoms with E-state index in [1.807, 2.05) is 0 Å². The Morgan fingerprint density at radius 1 is 1.06 bits per heavy atom. The van der Waals surface area contributed by atoms with Crippen LogP contribution in [0.2, 0.25) is 0 Å². The van der Waals surface area contributed by atoms with Crippen LogP contribution in [0.1, 0.15) is 22.8 Å². The minimum absolute atomic E-state index is 0.0359. The molecule has 1 fully saturated rings. The highest BCUT2D eigenvalue weighted by Gasteiger charge is 2.43. The number of aliphatic hydroxyl groups is 3. The number of phenols is 3. The maximum atomic E-state index is 12.4. The first-order valence-corrected chi connectivity index (χ1v) is 9.57. The molecule has 9 nitrogen and oxygen atoms in total. The van der Waals surface area contributed by atoms with E-state index < -0.39 is 54.4 Å². The summed E-state index contributed by atoms with van der Waals surface area (Å²) in [5.41, 5.74) is 0.302. The van der Waals surface area contributed by atoms with Crippen LogP contribution < -0.4 is 4.74 Å². The van der Waals surface area contributed by atoms with Crippen molar-refractivity contribution < 1.29 is 44.9 Å². The van der Waals surface area contributed by atoms with Gasteiger partial charge in [-0.15, -0.1) is 0 Å². The van der Waals surface area contributed by atoms with E-state index in [4.69, 9.17) is 9.47 Å². The average molecular weight is 432 g/mol. The number of aromatic hydroxyl groups is 3. The Morgan fingerprint density at radius 3 is 2.26 bits per heavy atom. The molecule has 0 saturated carbocycles. The van der Waals surface area contributed by atoms with Crippen molar-refractivity contribution >= 4 is 11.9 Å². The molecule has 5 atom stereocenters. The van der Waals surface area contributed by atoms with Gasteiger partial charge in [0, 0.05) is 18.1 Å². The van der Waals surface area contributed by atoms with Crippen LogP contribution in [0.3, 0.4) is 0 Å². The molecule has 0 aliphatic carbocycles. The van der Waals surface area contributed by atoms with Crippen LogP contribution in [-0.4, -0.2) is 67.6 Å². The van der Waals surface area contributed by atoms with Gasteiger partial charge in [-0.1, -0.05) is 25.1 Å². The molecule has 1 aliphatic heterocycles. The number of carbonyl (C=O) groups is 1. The molecule has 0 aromatic heterocycles. The molecular formula is C22H24O9. The number of hydrogen-bond donors (Lipinski definition) is 6. The standard InChI is InChI=1S/C22H24O9/c1-11-20(28)21(29)18(10-23)31-22(11)30-14-8-16(26)19(17(27)9-14)15(25)7-4-12-2-5-13(24)6-3-12/h2-9,11,18,20-24,26-29H,10H2,1H3/b7-4+/t11-,18-,20-,21-,22-/m1/s1. The third kappa shape index (κ3) is 4.97. The summed E-state index contributed by atoms with van der Waals surface area (Å²) in [5.74, 6) is -2.35. The number of aliphatic hydroxyl groups excluding tert-OH is 3. The summed E-state index contributed by atoms with van der Waals surface area (Å²) in [6.45, 7) is 1.03. The highest BCUT2D eigenvalue weighted by atomic mass is 16.7. The lowest BCUT2D eigenvalue weighted by Gasteiger charge is -2.40. The van der Waals surface area contributed by atoms with Crippen molar-refractivity contribution in [2.45, 2.75) is 31.5 Å². The molecule has 2 aromatic carbocycles. The topological polar surface area (TPSA) is 157 Å². The van der Waals surface area contributed by atoms with Gasteiger partial charge in [0.05, 0.1) is 12.7 Å². The lowest BCUT2D eigenvalue weighted by molar-refractivity contribution is -0.256. The highest BCUT2D eigenvalue weighted by Crippen LogP contribution is 2.36. The van der Waals surface area contributed by atoms with Gasteiger partial charge in [0.1, 0.15) is 40.8 Å². The molecule has 0 bridgehead atoms. The summed E-state index contributed by atoms with van der Waals surface area (Å²) < 4.78 is 11.0. The molecular weight excluding hydrogens is 408 g/mol. The van der Waals surface area contributed by atoms with Gasteiger partial charge < -0.3 is 40.1 Å². The first-order chi connectivity index (χ1) is 14.7. The van der Waals surface area contributed by atoms with Crippen molar-refractivity contribution in [3.05, 3.63) is 53.6 Å². The molecule has 1 saturated heterocycles. The van der Waals surface area contributed by atoms with Crippen molar-refractivity contribution in [1.29, 1.82) is 0 Å². The molecule has 1 aliphatic rings. The largest absolute Gasteiger partial charge is 0.508 e. The Hall–Kier alpha value is -3.11. The van der Waals surface area contributed by atoms with Gasteiger partial charge in [0.2, 0.25) is 6.29 Å². The minimum Gasteiger partial charge on any atom is -0.508 e. The SMILES string of the molecule is C[C@H]1[C@H](Oc2cc(O)c(C(=O)/C=C/c3ccc(O)cc3)c(O)c2)O[C@H](CO)[C@@H](O)[C@@H]1O. The maximum absolute atomic E-state index is 12.4. The van der Waals surface area contributed by atoms with Crippen LogP contribution in [0.4, 0.5) is 0 Å². The Labute approximate surface area is 178 Å². The number of allylic oxidation sites excluding steroid dienone is 1. The molecule has 166 valence electrons. The highest BCUT2D eigenvalue weighted by molar-refractivity contribution is 6.10. The lowest BCUT2D eigenvalue weighted by Crippen LogP contribution is -2.56. The zero-order valence-electron chi connectivity index (χ0n) is 16.6. The number of benzene rings is 2. The average Bonchev–Trinajstić information content (AvgIpc) is 2.73. The van der Waals surface area contributed by atoms with Crippen LogP contribution in [0.15, 0.2) is 42.5 Å². The normalized spacial score (nSPS) is 26.1. The molecule has 9 heteroatoms. The molecule has 2 aromatic rings. The summed E-state index contributed by atoms with van der Waals surface area (Å²) in [4.78, 5) is 12.4. The van der Waals surface area contributed by atoms with Gasteiger partial charge in [-0.05, 0) is 23.8 Å². The number of hydrogen-bond acceptors (Lipinski definition) is 9. The molecule has 0 spiro atoms. The third-order valence-electron chi connectivity index (χ3n) is 5.08. The first-order valence-electron chi connectivity index (χ1n) is 9.57. The summed E-state index contributed by atoms with van der Waals surface area (Å²) in [5, 5.41) is 59.1. The molecule has 0 amide bonds. The minimum atomic E-state index is -1.29. The van der Waals surface area contributed by atoms with E-state index >= 15 is 0 Å². The lowest BCUT2D eigenvalue weighted by atomic mass is 9.92. The summed E-state index contributed by atoms with van der Waals surface area (Å²) >= 11 is 0. The van der Waals surface area contributed by atoms with Gasteiger partial charge in [0.25, 0.3) is 0 Å². The Morgan fingerprint density at radius 2 is 1.68 bits per heavy atom. The van der Waals surface area contributed by atoms with Crippen molar-refractivity contribution in [2.24, 2.45) is 5.92 Å². The van der Waals surface area contributed by atoms with Crippen LogP contribution in [0.5, 0.6) is 23.0 Å². The second kappa shape index (κ2) is 9.36. The number of carbonyl (C=O) groups excluding carboxylic acids is 1. The molecule has 1 heterocycles. The Bertz CT molecular complexity index is 929. The third-order valence-corrected chi connectivity index (χ3v) is 5.08. The first kappa shape index (κ1) is 22.6. The van der Waals surface area contributed by atoms with Crippen LogP contribution in [0, 0.1) is 5.92 Å². The van der Waals surface area contributed by atoms with E-state index in [1.165, 1.54) is 18.2 Å². The Balaban J connectivity index is 1.77. The van der Waals surface area contributed by atoms with Crippen LogP contribution in [-0.2, 0) is 4.74 Å². The van der Waals surface area contributed by atoms with Gasteiger partial charge in [-0.3, -0.25) is 4.79 Å². The van der Waals surface area contributed by atoms with E-state index in [1.54, 1.807) is 19.1 Å².